The molecule has 0 radical (unpaired) electrons. The number of fused-ring (bicyclic) bond motifs is 1. The number of carbonyl (C=O) groups is 1. The van der Waals surface area contributed by atoms with Crippen molar-refractivity contribution in [3.8, 4) is 0 Å². The van der Waals surface area contributed by atoms with Gasteiger partial charge in [-0.15, -0.1) is 11.3 Å². The number of ether oxygens (including phenoxy) is 1. The van der Waals surface area contributed by atoms with E-state index in [0.717, 1.165) is 34.8 Å². The number of hydrogen-bond donors (Lipinski definition) is 2. The van der Waals surface area contributed by atoms with E-state index in [1.807, 2.05) is 6.92 Å². The predicted octanol–water partition coefficient (Wildman–Crippen LogP) is 1.53. The number of aromatic nitrogens is 3. The number of carbonyl (C=O) groups excluding carboxylic acids is 1. The van der Waals surface area contributed by atoms with Crippen molar-refractivity contribution >= 4 is 17.2 Å². The summed E-state index contributed by atoms with van der Waals surface area (Å²) < 4.78 is 5.39. The molecule has 2 N–H and O–H groups in total. The van der Waals surface area contributed by atoms with Crippen molar-refractivity contribution < 1.29 is 9.53 Å². The maximum atomic E-state index is 12.2. The number of hydrogen-bond acceptors (Lipinski definition) is 5. The molecule has 0 bridgehead atoms. The van der Waals surface area contributed by atoms with Crippen LogP contribution < -0.4 is 5.32 Å². The number of rotatable bonds is 4. The Balaban J connectivity index is 1.58. The SMILES string of the molecule is Cc1nc(CCNC(=O)c2n[nH]c3c2COCC3)sc1C. The molecule has 0 atom stereocenters. The zero-order valence-electron chi connectivity index (χ0n) is 12.2. The molecule has 1 aliphatic heterocycles. The molecule has 0 aliphatic carbocycles. The average Bonchev–Trinajstić information content (AvgIpc) is 3.03. The van der Waals surface area contributed by atoms with Gasteiger partial charge in [-0.25, -0.2) is 4.98 Å². The van der Waals surface area contributed by atoms with Crippen LogP contribution in [0.25, 0.3) is 0 Å². The van der Waals surface area contributed by atoms with Crippen LogP contribution in [0.15, 0.2) is 0 Å². The van der Waals surface area contributed by atoms with Crippen LogP contribution >= 0.6 is 11.3 Å². The molecule has 0 spiro atoms. The van der Waals surface area contributed by atoms with Crippen molar-refractivity contribution in [3.63, 3.8) is 0 Å². The van der Waals surface area contributed by atoms with Crippen molar-refractivity contribution in [1.29, 1.82) is 0 Å². The van der Waals surface area contributed by atoms with Crippen molar-refractivity contribution in [2.24, 2.45) is 0 Å². The minimum Gasteiger partial charge on any atom is -0.376 e. The van der Waals surface area contributed by atoms with Gasteiger partial charge in [-0.2, -0.15) is 5.10 Å². The number of H-pyrrole nitrogens is 1. The molecule has 7 heteroatoms. The van der Waals surface area contributed by atoms with E-state index >= 15 is 0 Å². The number of aromatic amines is 1. The highest BCUT2D eigenvalue weighted by Gasteiger charge is 2.21. The van der Waals surface area contributed by atoms with Crippen LogP contribution in [0.2, 0.25) is 0 Å². The van der Waals surface area contributed by atoms with Crippen LogP contribution in [0.3, 0.4) is 0 Å². The van der Waals surface area contributed by atoms with E-state index in [9.17, 15) is 4.79 Å². The Hall–Kier alpha value is -1.73. The summed E-state index contributed by atoms with van der Waals surface area (Å²) in [4.78, 5) is 17.9. The summed E-state index contributed by atoms with van der Waals surface area (Å²) in [6.45, 7) is 5.77. The topological polar surface area (TPSA) is 79.9 Å². The molecule has 2 aromatic heterocycles. The summed E-state index contributed by atoms with van der Waals surface area (Å²) in [5.41, 5.74) is 3.42. The van der Waals surface area contributed by atoms with E-state index in [-0.39, 0.29) is 5.91 Å². The zero-order valence-corrected chi connectivity index (χ0v) is 13.0. The minimum absolute atomic E-state index is 0.150. The Bertz CT molecular complexity index is 642. The van der Waals surface area contributed by atoms with Crippen LogP contribution in [-0.2, 0) is 24.2 Å². The van der Waals surface area contributed by atoms with Crippen molar-refractivity contribution in [1.82, 2.24) is 20.5 Å². The summed E-state index contributed by atoms with van der Waals surface area (Å²) in [5, 5.41) is 11.0. The standard InChI is InChI=1S/C14H18N4O2S/c1-8-9(2)21-12(16-8)3-5-15-14(19)13-10-7-20-6-4-11(10)17-18-13/h3-7H2,1-2H3,(H,15,19)(H,17,18). The highest BCUT2D eigenvalue weighted by Crippen LogP contribution is 2.18. The fourth-order valence-corrected chi connectivity index (χ4v) is 3.25. The van der Waals surface area contributed by atoms with Crippen LogP contribution in [0.1, 0.15) is 37.3 Å². The van der Waals surface area contributed by atoms with Crippen LogP contribution in [0, 0.1) is 13.8 Å². The van der Waals surface area contributed by atoms with Gasteiger partial charge in [-0.3, -0.25) is 9.89 Å². The van der Waals surface area contributed by atoms with E-state index in [1.54, 1.807) is 11.3 Å². The van der Waals surface area contributed by atoms with Crippen molar-refractivity contribution in [2.45, 2.75) is 33.3 Å². The first kappa shape index (κ1) is 14.2. The molecule has 1 aliphatic rings. The molecule has 6 nitrogen and oxygen atoms in total. The number of nitrogens with zero attached hydrogens (tertiary/aromatic N) is 2. The first-order valence-electron chi connectivity index (χ1n) is 7.00. The molecule has 3 rings (SSSR count). The summed E-state index contributed by atoms with van der Waals surface area (Å²) in [7, 11) is 0. The highest BCUT2D eigenvalue weighted by molar-refractivity contribution is 7.11. The fourth-order valence-electron chi connectivity index (χ4n) is 2.31. The second kappa shape index (κ2) is 5.95. The Morgan fingerprint density at radius 1 is 1.48 bits per heavy atom. The Kier molecular flexibility index (Phi) is 4.03. The van der Waals surface area contributed by atoms with Crippen molar-refractivity contribution in [2.75, 3.05) is 13.2 Å². The molecule has 3 heterocycles. The molecule has 0 unspecified atom stereocenters. The zero-order chi connectivity index (χ0) is 14.8. The van der Waals surface area contributed by atoms with Gasteiger partial charge in [0.05, 0.1) is 23.9 Å². The van der Waals surface area contributed by atoms with Gasteiger partial charge in [0.15, 0.2) is 5.69 Å². The summed E-state index contributed by atoms with van der Waals surface area (Å²) in [6.07, 6.45) is 1.53. The number of thiazole rings is 1. The Morgan fingerprint density at radius 3 is 3.10 bits per heavy atom. The molecular formula is C14H18N4O2S. The van der Waals surface area contributed by atoms with Gasteiger partial charge in [0.25, 0.3) is 5.91 Å². The molecule has 0 fully saturated rings. The third-order valence-corrected chi connectivity index (χ3v) is 4.74. The molecule has 0 saturated carbocycles. The highest BCUT2D eigenvalue weighted by atomic mass is 32.1. The summed E-state index contributed by atoms with van der Waals surface area (Å²) in [6, 6.07) is 0. The lowest BCUT2D eigenvalue weighted by Gasteiger charge is -2.12. The smallest absolute Gasteiger partial charge is 0.272 e. The third-order valence-electron chi connectivity index (χ3n) is 3.61. The second-order valence-electron chi connectivity index (χ2n) is 5.09. The van der Waals surface area contributed by atoms with Gasteiger partial charge in [0, 0.05) is 35.5 Å². The molecule has 0 saturated heterocycles. The van der Waals surface area contributed by atoms with E-state index < -0.39 is 0 Å². The van der Waals surface area contributed by atoms with Crippen LogP contribution in [-0.4, -0.2) is 34.2 Å². The van der Waals surface area contributed by atoms with Gasteiger partial charge < -0.3 is 10.1 Å². The predicted molar refractivity (Wildman–Crippen MR) is 79.6 cm³/mol. The van der Waals surface area contributed by atoms with Crippen LogP contribution in [0.4, 0.5) is 0 Å². The number of amides is 1. The molecular weight excluding hydrogens is 288 g/mol. The molecule has 0 aromatic carbocycles. The largest absolute Gasteiger partial charge is 0.376 e. The third kappa shape index (κ3) is 2.98. The number of nitrogens with one attached hydrogen (secondary N) is 2. The fraction of sp³-hybridized carbons (Fsp3) is 0.500. The second-order valence-corrected chi connectivity index (χ2v) is 6.37. The van der Waals surface area contributed by atoms with Crippen LogP contribution in [0.5, 0.6) is 0 Å². The Morgan fingerprint density at radius 2 is 2.33 bits per heavy atom. The molecule has 2 aromatic rings. The molecule has 112 valence electrons. The quantitative estimate of drug-likeness (QED) is 0.897. The van der Waals surface area contributed by atoms with E-state index in [2.05, 4.69) is 27.4 Å². The molecule has 21 heavy (non-hydrogen) atoms. The van der Waals surface area contributed by atoms with Gasteiger partial charge in [0.2, 0.25) is 0 Å². The van der Waals surface area contributed by atoms with E-state index in [0.29, 0.717) is 25.5 Å². The van der Waals surface area contributed by atoms with E-state index in [4.69, 9.17) is 4.74 Å². The van der Waals surface area contributed by atoms with Crippen molar-refractivity contribution in [3.05, 3.63) is 32.5 Å². The Labute approximate surface area is 126 Å². The first-order chi connectivity index (χ1) is 10.1. The lowest BCUT2D eigenvalue weighted by molar-refractivity contribution is 0.0925. The first-order valence-corrected chi connectivity index (χ1v) is 7.81. The lowest BCUT2D eigenvalue weighted by Crippen LogP contribution is -2.27. The molecule has 1 amide bonds. The lowest BCUT2D eigenvalue weighted by atomic mass is 10.1. The maximum absolute atomic E-state index is 12.2. The van der Waals surface area contributed by atoms with Gasteiger partial charge in [-0.1, -0.05) is 0 Å². The van der Waals surface area contributed by atoms with Gasteiger partial charge in [-0.05, 0) is 13.8 Å². The maximum Gasteiger partial charge on any atom is 0.272 e. The number of aryl methyl sites for hydroxylation is 2. The average molecular weight is 306 g/mol. The van der Waals surface area contributed by atoms with Gasteiger partial charge >= 0.3 is 0 Å². The summed E-state index contributed by atoms with van der Waals surface area (Å²) in [5.74, 6) is -0.150. The van der Waals surface area contributed by atoms with E-state index in [1.165, 1.54) is 4.88 Å². The summed E-state index contributed by atoms with van der Waals surface area (Å²) >= 11 is 1.68. The van der Waals surface area contributed by atoms with Gasteiger partial charge in [0.1, 0.15) is 0 Å². The minimum atomic E-state index is -0.150. The monoisotopic (exact) mass is 306 g/mol. The normalized spacial score (nSPS) is 14.0.